The topological polar surface area (TPSA) is 62.2 Å². The number of aryl methyl sites for hydroxylation is 1. The Morgan fingerprint density at radius 2 is 2.19 bits per heavy atom. The lowest BCUT2D eigenvalue weighted by Gasteiger charge is -2.07. The fraction of sp³-hybridized carbons (Fsp3) is 0.273. The first-order valence-corrected chi connectivity index (χ1v) is 5.24. The second-order valence-corrected chi connectivity index (χ2v) is 4.18. The third-order valence-corrected chi connectivity index (χ3v) is 2.87. The predicted octanol–water partition coefficient (Wildman–Crippen LogP) is 1.83. The number of pyridine rings is 1. The van der Waals surface area contributed by atoms with Crippen LogP contribution in [-0.2, 0) is 4.79 Å². The number of aliphatic hydroxyl groups excluding tert-OH is 1. The Morgan fingerprint density at radius 3 is 2.69 bits per heavy atom. The number of nitrogens with zero attached hydrogens (tertiary/aromatic N) is 1. The van der Waals surface area contributed by atoms with Gasteiger partial charge in [0.05, 0.1) is 16.6 Å². The molecule has 0 aliphatic carbocycles. The lowest BCUT2D eigenvalue weighted by molar-refractivity contribution is -0.115. The Bertz CT molecular complexity index is 477. The molecule has 0 fully saturated rings. The maximum atomic E-state index is 11.7. The normalized spacial score (nSPS) is 20.2. The van der Waals surface area contributed by atoms with Gasteiger partial charge in [0.15, 0.2) is 0 Å². The Hall–Kier alpha value is -1.55. The van der Waals surface area contributed by atoms with E-state index in [9.17, 15) is 9.90 Å². The SMILES string of the molecule is Cc1cncc(Cl)c1C1=C(O)C(C)NC1=O. The van der Waals surface area contributed by atoms with Gasteiger partial charge in [0.1, 0.15) is 5.76 Å². The smallest absolute Gasteiger partial charge is 0.256 e. The highest BCUT2D eigenvalue weighted by Crippen LogP contribution is 2.31. The van der Waals surface area contributed by atoms with Crippen LogP contribution < -0.4 is 5.32 Å². The van der Waals surface area contributed by atoms with Crippen LogP contribution in [0.4, 0.5) is 0 Å². The van der Waals surface area contributed by atoms with Gasteiger partial charge in [-0.25, -0.2) is 0 Å². The van der Waals surface area contributed by atoms with Crippen molar-refractivity contribution < 1.29 is 9.90 Å². The zero-order valence-electron chi connectivity index (χ0n) is 8.91. The van der Waals surface area contributed by atoms with E-state index in [1.807, 2.05) is 0 Å². The van der Waals surface area contributed by atoms with Crippen molar-refractivity contribution in [3.63, 3.8) is 0 Å². The first-order chi connectivity index (χ1) is 7.52. The molecule has 0 aromatic carbocycles. The molecular formula is C11H11ClN2O2. The number of halogens is 1. The molecule has 5 heteroatoms. The van der Waals surface area contributed by atoms with Crippen LogP contribution in [0.1, 0.15) is 18.1 Å². The molecule has 0 radical (unpaired) electrons. The molecule has 1 unspecified atom stereocenters. The minimum Gasteiger partial charge on any atom is -0.509 e. The lowest BCUT2D eigenvalue weighted by Crippen LogP contribution is -2.25. The number of nitrogens with one attached hydrogen (secondary N) is 1. The summed E-state index contributed by atoms with van der Waals surface area (Å²) in [7, 11) is 0. The number of aliphatic hydroxyl groups is 1. The molecule has 4 nitrogen and oxygen atoms in total. The van der Waals surface area contributed by atoms with Crippen LogP contribution in [0.3, 0.4) is 0 Å². The number of carbonyl (C=O) groups is 1. The number of hydrogen-bond acceptors (Lipinski definition) is 3. The van der Waals surface area contributed by atoms with Crippen molar-refractivity contribution in [3.05, 3.63) is 34.3 Å². The van der Waals surface area contributed by atoms with Gasteiger partial charge in [0.25, 0.3) is 5.91 Å². The summed E-state index contributed by atoms with van der Waals surface area (Å²) in [6.07, 6.45) is 3.07. The summed E-state index contributed by atoms with van der Waals surface area (Å²) in [5.41, 5.74) is 1.56. The average Bonchev–Trinajstić information content (AvgIpc) is 2.44. The van der Waals surface area contributed by atoms with Crippen LogP contribution in [0.2, 0.25) is 5.02 Å². The third kappa shape index (κ3) is 1.55. The Balaban J connectivity index is 2.65. The van der Waals surface area contributed by atoms with Gasteiger partial charge in [-0.1, -0.05) is 11.6 Å². The number of carbonyl (C=O) groups excluding carboxylic acids is 1. The zero-order chi connectivity index (χ0) is 11.9. The third-order valence-electron chi connectivity index (χ3n) is 2.58. The standard InChI is InChI=1S/C11H11ClN2O2/c1-5-3-13-4-7(12)8(5)9-10(15)6(2)14-11(9)16/h3-4,6,15H,1-2H3,(H,14,16). The minimum absolute atomic E-state index is 0.0289. The minimum atomic E-state index is -0.369. The molecule has 0 saturated heterocycles. The van der Waals surface area contributed by atoms with E-state index in [2.05, 4.69) is 10.3 Å². The molecule has 1 aromatic heterocycles. The molecule has 2 rings (SSSR count). The van der Waals surface area contributed by atoms with Crippen molar-refractivity contribution in [3.8, 4) is 0 Å². The van der Waals surface area contributed by atoms with E-state index in [1.165, 1.54) is 6.20 Å². The summed E-state index contributed by atoms with van der Waals surface area (Å²) in [6, 6.07) is -0.369. The van der Waals surface area contributed by atoms with Gasteiger partial charge in [-0.3, -0.25) is 9.78 Å². The van der Waals surface area contributed by atoms with Crippen LogP contribution in [0, 0.1) is 6.92 Å². The highest BCUT2D eigenvalue weighted by atomic mass is 35.5. The number of rotatable bonds is 1. The first-order valence-electron chi connectivity index (χ1n) is 4.87. The quantitative estimate of drug-likeness (QED) is 0.785. The zero-order valence-corrected chi connectivity index (χ0v) is 9.67. The second-order valence-electron chi connectivity index (χ2n) is 3.77. The molecule has 0 spiro atoms. The Kier molecular flexibility index (Phi) is 2.59. The molecule has 2 heterocycles. The van der Waals surface area contributed by atoms with E-state index < -0.39 is 0 Å². The van der Waals surface area contributed by atoms with Gasteiger partial charge in [-0.2, -0.15) is 0 Å². The lowest BCUT2D eigenvalue weighted by atomic mass is 10.0. The number of amides is 1. The van der Waals surface area contributed by atoms with E-state index in [-0.39, 0.29) is 23.3 Å². The molecule has 1 aromatic rings. The summed E-state index contributed by atoms with van der Waals surface area (Å²) in [6.45, 7) is 3.51. The molecular weight excluding hydrogens is 228 g/mol. The van der Waals surface area contributed by atoms with E-state index in [0.717, 1.165) is 5.56 Å². The van der Waals surface area contributed by atoms with Crippen molar-refractivity contribution in [2.24, 2.45) is 0 Å². The summed E-state index contributed by atoms with van der Waals surface area (Å²) < 4.78 is 0. The number of hydrogen-bond donors (Lipinski definition) is 2. The molecule has 1 amide bonds. The predicted molar refractivity (Wildman–Crippen MR) is 61.1 cm³/mol. The van der Waals surface area contributed by atoms with Gasteiger partial charge >= 0.3 is 0 Å². The van der Waals surface area contributed by atoms with Crippen molar-refractivity contribution in [2.75, 3.05) is 0 Å². The van der Waals surface area contributed by atoms with Gasteiger partial charge in [0, 0.05) is 18.0 Å². The van der Waals surface area contributed by atoms with Crippen LogP contribution in [-0.4, -0.2) is 22.0 Å². The molecule has 1 aliphatic rings. The van der Waals surface area contributed by atoms with E-state index in [1.54, 1.807) is 20.0 Å². The average molecular weight is 239 g/mol. The van der Waals surface area contributed by atoms with Gasteiger partial charge < -0.3 is 10.4 Å². The van der Waals surface area contributed by atoms with Gasteiger partial charge in [-0.15, -0.1) is 0 Å². The number of aromatic nitrogens is 1. The maximum absolute atomic E-state index is 11.7. The molecule has 16 heavy (non-hydrogen) atoms. The molecule has 0 saturated carbocycles. The molecule has 2 N–H and O–H groups in total. The second kappa shape index (κ2) is 3.79. The maximum Gasteiger partial charge on any atom is 0.256 e. The van der Waals surface area contributed by atoms with Crippen LogP contribution in [0.25, 0.3) is 5.57 Å². The Morgan fingerprint density at radius 1 is 1.50 bits per heavy atom. The van der Waals surface area contributed by atoms with Crippen molar-refractivity contribution in [1.82, 2.24) is 10.3 Å². The highest BCUT2D eigenvalue weighted by Gasteiger charge is 2.31. The van der Waals surface area contributed by atoms with Gasteiger partial charge in [-0.05, 0) is 19.4 Å². The van der Waals surface area contributed by atoms with Crippen molar-refractivity contribution >= 4 is 23.1 Å². The van der Waals surface area contributed by atoms with Crippen LogP contribution in [0.5, 0.6) is 0 Å². The summed E-state index contributed by atoms with van der Waals surface area (Å²) >= 11 is 6.00. The molecule has 1 atom stereocenters. The van der Waals surface area contributed by atoms with Crippen molar-refractivity contribution in [1.29, 1.82) is 0 Å². The van der Waals surface area contributed by atoms with Crippen LogP contribution in [0.15, 0.2) is 18.2 Å². The molecule has 84 valence electrons. The Labute approximate surface area is 98.0 Å². The summed E-state index contributed by atoms with van der Waals surface area (Å²) in [5.74, 6) is -0.276. The first kappa shape index (κ1) is 11.0. The van der Waals surface area contributed by atoms with E-state index >= 15 is 0 Å². The summed E-state index contributed by atoms with van der Waals surface area (Å²) in [4.78, 5) is 15.6. The fourth-order valence-corrected chi connectivity index (χ4v) is 2.06. The van der Waals surface area contributed by atoms with Crippen molar-refractivity contribution in [2.45, 2.75) is 19.9 Å². The monoisotopic (exact) mass is 238 g/mol. The highest BCUT2D eigenvalue weighted by molar-refractivity contribution is 6.35. The van der Waals surface area contributed by atoms with Gasteiger partial charge in [0.2, 0.25) is 0 Å². The molecule has 1 aliphatic heterocycles. The largest absolute Gasteiger partial charge is 0.509 e. The summed E-state index contributed by atoms with van der Waals surface area (Å²) in [5, 5.41) is 12.8. The van der Waals surface area contributed by atoms with E-state index in [4.69, 9.17) is 11.6 Å². The fourth-order valence-electron chi connectivity index (χ4n) is 1.76. The molecule has 0 bridgehead atoms. The van der Waals surface area contributed by atoms with E-state index in [0.29, 0.717) is 10.6 Å². The van der Waals surface area contributed by atoms with Crippen LogP contribution >= 0.6 is 11.6 Å².